The molecule has 3 aromatic carbocycles. The standard InChI is InChI=1S/C30H28N2O4S/c1-4-16-36-22-13-11-20(12-14-22)26-25(27(33)21-9-6-18(3)7-10-21)28(34)29(35)32(26)30-31-23-15-8-19(5-2)17-24(23)37-30/h6-15,17,26,33H,4-5,16H2,1-3H3/t26-/m0/s1. The lowest BCUT2D eigenvalue weighted by molar-refractivity contribution is -0.132. The molecule has 1 aliphatic rings. The molecule has 1 atom stereocenters. The van der Waals surface area contributed by atoms with E-state index in [-0.39, 0.29) is 11.3 Å². The van der Waals surface area contributed by atoms with Crippen molar-refractivity contribution in [2.24, 2.45) is 0 Å². The number of aliphatic hydroxyl groups excluding tert-OH is 1. The smallest absolute Gasteiger partial charge is 0.301 e. The maximum atomic E-state index is 13.5. The Morgan fingerprint density at radius 2 is 1.76 bits per heavy atom. The number of aromatic nitrogens is 1. The molecule has 0 bridgehead atoms. The van der Waals surface area contributed by atoms with Gasteiger partial charge in [-0.3, -0.25) is 14.5 Å². The summed E-state index contributed by atoms with van der Waals surface area (Å²) in [4.78, 5) is 33.0. The fourth-order valence-corrected chi connectivity index (χ4v) is 5.51. The zero-order chi connectivity index (χ0) is 26.1. The highest BCUT2D eigenvalue weighted by Crippen LogP contribution is 2.44. The molecule has 1 aromatic heterocycles. The van der Waals surface area contributed by atoms with Gasteiger partial charge in [-0.05, 0) is 55.2 Å². The maximum Gasteiger partial charge on any atom is 0.301 e. The van der Waals surface area contributed by atoms with Crippen LogP contribution in [0.5, 0.6) is 5.75 Å². The van der Waals surface area contributed by atoms with Crippen LogP contribution in [0.25, 0.3) is 16.0 Å². The van der Waals surface area contributed by atoms with Crippen LogP contribution in [-0.2, 0) is 16.0 Å². The lowest BCUT2D eigenvalue weighted by atomic mass is 9.95. The Morgan fingerprint density at radius 1 is 1.03 bits per heavy atom. The average Bonchev–Trinajstić information content (AvgIpc) is 3.45. The number of ether oxygens (including phenoxy) is 1. The Labute approximate surface area is 219 Å². The predicted octanol–water partition coefficient (Wildman–Crippen LogP) is 6.58. The first-order valence-corrected chi connectivity index (χ1v) is 13.2. The van der Waals surface area contributed by atoms with E-state index in [4.69, 9.17) is 9.72 Å². The lowest BCUT2D eigenvalue weighted by Crippen LogP contribution is -2.29. The summed E-state index contributed by atoms with van der Waals surface area (Å²) >= 11 is 1.37. The third-order valence-electron chi connectivity index (χ3n) is 6.49. The number of ketones is 1. The highest BCUT2D eigenvalue weighted by Gasteiger charge is 2.48. The number of fused-ring (bicyclic) bond motifs is 1. The predicted molar refractivity (Wildman–Crippen MR) is 147 cm³/mol. The molecule has 0 spiro atoms. The van der Waals surface area contributed by atoms with Gasteiger partial charge in [0.05, 0.1) is 28.4 Å². The zero-order valence-corrected chi connectivity index (χ0v) is 21.8. The number of aryl methyl sites for hydroxylation is 2. The average molecular weight is 513 g/mol. The lowest BCUT2D eigenvalue weighted by Gasteiger charge is -2.23. The van der Waals surface area contributed by atoms with E-state index >= 15 is 0 Å². The molecule has 5 rings (SSSR count). The van der Waals surface area contributed by atoms with E-state index < -0.39 is 17.7 Å². The van der Waals surface area contributed by atoms with Crippen LogP contribution in [-0.4, -0.2) is 28.4 Å². The second kappa shape index (κ2) is 10.2. The van der Waals surface area contributed by atoms with Crippen LogP contribution in [0.3, 0.4) is 0 Å². The van der Waals surface area contributed by atoms with Gasteiger partial charge in [0.1, 0.15) is 11.5 Å². The Kier molecular flexibility index (Phi) is 6.80. The van der Waals surface area contributed by atoms with Crippen LogP contribution in [0.2, 0.25) is 0 Å². The van der Waals surface area contributed by atoms with Gasteiger partial charge >= 0.3 is 5.91 Å². The van der Waals surface area contributed by atoms with Gasteiger partial charge in [-0.25, -0.2) is 4.98 Å². The number of hydrogen-bond donors (Lipinski definition) is 1. The first kappa shape index (κ1) is 24.7. The molecule has 1 aliphatic heterocycles. The van der Waals surface area contributed by atoms with Crippen molar-refractivity contribution in [2.45, 2.75) is 39.7 Å². The van der Waals surface area contributed by atoms with Crippen molar-refractivity contribution in [3.05, 3.63) is 94.6 Å². The molecule has 1 saturated heterocycles. The molecule has 7 heteroatoms. The minimum absolute atomic E-state index is 0.0459. The number of nitrogens with zero attached hydrogens (tertiary/aromatic N) is 2. The SMILES string of the molecule is CCCOc1ccc([C@H]2C(=C(O)c3ccc(C)cc3)C(=O)C(=O)N2c2nc3ccc(CC)cc3s2)cc1. The summed E-state index contributed by atoms with van der Waals surface area (Å²) in [6, 6.07) is 19.7. The normalized spacial score (nSPS) is 17.1. The summed E-state index contributed by atoms with van der Waals surface area (Å²) in [5.41, 5.74) is 4.17. The van der Waals surface area contributed by atoms with Crippen molar-refractivity contribution >= 4 is 44.1 Å². The van der Waals surface area contributed by atoms with E-state index in [0.29, 0.717) is 28.6 Å². The maximum absolute atomic E-state index is 13.5. The van der Waals surface area contributed by atoms with Gasteiger partial charge in [-0.1, -0.05) is 73.2 Å². The third-order valence-corrected chi connectivity index (χ3v) is 7.51. The summed E-state index contributed by atoms with van der Waals surface area (Å²) in [6.45, 7) is 6.66. The number of Topliss-reactive ketones (excluding diaryl/α,β-unsaturated/α-hetero) is 1. The quantitative estimate of drug-likeness (QED) is 0.172. The molecule has 0 saturated carbocycles. The summed E-state index contributed by atoms with van der Waals surface area (Å²) in [7, 11) is 0. The van der Waals surface area contributed by atoms with Gasteiger partial charge < -0.3 is 9.84 Å². The summed E-state index contributed by atoms with van der Waals surface area (Å²) in [5.74, 6) is -0.942. The van der Waals surface area contributed by atoms with Gasteiger partial charge in [-0.2, -0.15) is 0 Å². The number of aliphatic hydroxyl groups is 1. The van der Waals surface area contributed by atoms with Crippen molar-refractivity contribution < 1.29 is 19.4 Å². The second-order valence-electron chi connectivity index (χ2n) is 9.10. The first-order valence-electron chi connectivity index (χ1n) is 12.4. The van der Waals surface area contributed by atoms with Gasteiger partial charge in [-0.15, -0.1) is 0 Å². The number of amides is 1. The van der Waals surface area contributed by atoms with Crippen LogP contribution < -0.4 is 9.64 Å². The number of carbonyl (C=O) groups is 2. The second-order valence-corrected chi connectivity index (χ2v) is 10.1. The number of rotatable bonds is 7. The van der Waals surface area contributed by atoms with Gasteiger partial charge in [0.15, 0.2) is 5.13 Å². The van der Waals surface area contributed by atoms with Gasteiger partial charge in [0, 0.05) is 5.56 Å². The Bertz CT molecular complexity index is 1500. The Morgan fingerprint density at radius 3 is 2.43 bits per heavy atom. The first-order chi connectivity index (χ1) is 17.9. The van der Waals surface area contributed by atoms with Gasteiger partial charge in [0.25, 0.3) is 5.78 Å². The van der Waals surface area contributed by atoms with Crippen molar-refractivity contribution in [2.75, 3.05) is 11.5 Å². The van der Waals surface area contributed by atoms with Crippen molar-refractivity contribution in [3.63, 3.8) is 0 Å². The molecule has 188 valence electrons. The largest absolute Gasteiger partial charge is 0.507 e. The van der Waals surface area contributed by atoms with Crippen LogP contribution in [0.1, 0.15) is 48.6 Å². The summed E-state index contributed by atoms with van der Waals surface area (Å²) in [6.07, 6.45) is 1.77. The molecule has 0 radical (unpaired) electrons. The van der Waals surface area contributed by atoms with Crippen molar-refractivity contribution in [1.29, 1.82) is 0 Å². The Hall–Kier alpha value is -3.97. The van der Waals surface area contributed by atoms with E-state index in [2.05, 4.69) is 13.0 Å². The van der Waals surface area contributed by atoms with E-state index in [9.17, 15) is 14.7 Å². The zero-order valence-electron chi connectivity index (χ0n) is 21.0. The van der Waals surface area contributed by atoms with Crippen molar-refractivity contribution in [3.8, 4) is 5.75 Å². The fourth-order valence-electron chi connectivity index (χ4n) is 4.46. The van der Waals surface area contributed by atoms with E-state index in [1.807, 2.05) is 62.4 Å². The minimum Gasteiger partial charge on any atom is -0.507 e. The Balaban J connectivity index is 1.66. The number of benzene rings is 3. The summed E-state index contributed by atoms with van der Waals surface area (Å²) < 4.78 is 6.67. The molecule has 1 fully saturated rings. The van der Waals surface area contributed by atoms with Crippen molar-refractivity contribution in [1.82, 2.24) is 4.98 Å². The number of thiazole rings is 1. The van der Waals surface area contributed by atoms with Crippen LogP contribution in [0, 0.1) is 6.92 Å². The molecular weight excluding hydrogens is 484 g/mol. The minimum atomic E-state index is -0.826. The monoisotopic (exact) mass is 512 g/mol. The molecule has 4 aromatic rings. The number of carbonyl (C=O) groups excluding carboxylic acids is 2. The number of hydrogen-bond acceptors (Lipinski definition) is 6. The molecule has 37 heavy (non-hydrogen) atoms. The highest BCUT2D eigenvalue weighted by atomic mass is 32.1. The van der Waals surface area contributed by atoms with E-state index in [1.165, 1.54) is 21.8 Å². The molecule has 1 N–H and O–H groups in total. The van der Waals surface area contributed by atoms with Crippen LogP contribution >= 0.6 is 11.3 Å². The van der Waals surface area contributed by atoms with Crippen LogP contribution in [0.15, 0.2) is 72.3 Å². The van der Waals surface area contributed by atoms with E-state index in [1.54, 1.807) is 12.1 Å². The highest BCUT2D eigenvalue weighted by molar-refractivity contribution is 7.22. The molecule has 6 nitrogen and oxygen atoms in total. The third kappa shape index (κ3) is 4.62. The number of anilines is 1. The molecule has 0 unspecified atom stereocenters. The topological polar surface area (TPSA) is 79.7 Å². The fraction of sp³-hybridized carbons (Fsp3) is 0.233. The molecular formula is C30H28N2O4S. The molecule has 1 amide bonds. The van der Waals surface area contributed by atoms with Crippen LogP contribution in [0.4, 0.5) is 5.13 Å². The molecule has 0 aliphatic carbocycles. The van der Waals surface area contributed by atoms with Gasteiger partial charge in [0.2, 0.25) is 0 Å². The summed E-state index contributed by atoms with van der Waals surface area (Å²) in [5, 5.41) is 11.7. The van der Waals surface area contributed by atoms with E-state index in [0.717, 1.165) is 28.6 Å². The molecule has 2 heterocycles.